The highest BCUT2D eigenvalue weighted by molar-refractivity contribution is 5.75. The summed E-state index contributed by atoms with van der Waals surface area (Å²) >= 11 is 0. The molecule has 94 valence electrons. The third-order valence-electron chi connectivity index (χ3n) is 2.02. The van der Waals surface area contributed by atoms with Gasteiger partial charge >= 0.3 is 12.3 Å². The van der Waals surface area contributed by atoms with Gasteiger partial charge in [0.05, 0.1) is 0 Å². The van der Waals surface area contributed by atoms with Crippen LogP contribution in [0, 0.1) is 6.92 Å². The SMILES string of the molecule is Cc1cccc(OC(F)(F)F)c1C(O)C(=O)O. The minimum atomic E-state index is -4.94. The normalized spacial score (nSPS) is 13.2. The van der Waals surface area contributed by atoms with E-state index in [1.165, 1.54) is 19.1 Å². The maximum Gasteiger partial charge on any atom is 0.573 e. The molecule has 0 aliphatic rings. The summed E-state index contributed by atoms with van der Waals surface area (Å²) < 4.78 is 39.9. The van der Waals surface area contributed by atoms with Gasteiger partial charge in [0.2, 0.25) is 0 Å². The van der Waals surface area contributed by atoms with Crippen LogP contribution in [0.4, 0.5) is 13.2 Å². The lowest BCUT2D eigenvalue weighted by molar-refractivity contribution is -0.275. The quantitative estimate of drug-likeness (QED) is 0.861. The van der Waals surface area contributed by atoms with Crippen LogP contribution in [-0.2, 0) is 4.79 Å². The van der Waals surface area contributed by atoms with Crippen molar-refractivity contribution in [2.24, 2.45) is 0 Å². The van der Waals surface area contributed by atoms with Gasteiger partial charge in [-0.25, -0.2) is 4.79 Å². The van der Waals surface area contributed by atoms with Gasteiger partial charge in [-0.1, -0.05) is 12.1 Å². The number of aryl methyl sites for hydroxylation is 1. The number of aliphatic hydroxyl groups is 1. The first-order chi connectivity index (χ1) is 7.72. The summed E-state index contributed by atoms with van der Waals surface area (Å²) in [6.45, 7) is 1.38. The maximum absolute atomic E-state index is 12.1. The van der Waals surface area contributed by atoms with Crippen molar-refractivity contribution in [1.82, 2.24) is 0 Å². The lowest BCUT2D eigenvalue weighted by Crippen LogP contribution is -2.20. The largest absolute Gasteiger partial charge is 0.573 e. The van der Waals surface area contributed by atoms with Gasteiger partial charge in [0.1, 0.15) is 5.75 Å². The van der Waals surface area contributed by atoms with E-state index in [0.717, 1.165) is 6.07 Å². The van der Waals surface area contributed by atoms with Crippen LogP contribution in [0.25, 0.3) is 0 Å². The molecule has 0 aliphatic heterocycles. The van der Waals surface area contributed by atoms with Crippen molar-refractivity contribution in [1.29, 1.82) is 0 Å². The Bertz CT molecular complexity index is 428. The van der Waals surface area contributed by atoms with Crippen molar-refractivity contribution in [2.75, 3.05) is 0 Å². The standard InChI is InChI=1S/C10H9F3O4/c1-5-3-2-4-6(17-10(11,12)13)7(5)8(14)9(15)16/h2-4,8,14H,1H3,(H,15,16). The fourth-order valence-electron chi connectivity index (χ4n) is 1.34. The van der Waals surface area contributed by atoms with E-state index in [2.05, 4.69) is 4.74 Å². The summed E-state index contributed by atoms with van der Waals surface area (Å²) in [5, 5.41) is 17.9. The van der Waals surface area contributed by atoms with E-state index in [9.17, 15) is 23.1 Å². The predicted molar refractivity (Wildman–Crippen MR) is 50.5 cm³/mol. The molecule has 0 aliphatic carbocycles. The molecule has 1 atom stereocenters. The Morgan fingerprint density at radius 1 is 1.41 bits per heavy atom. The summed E-state index contributed by atoms with van der Waals surface area (Å²) in [5.74, 6) is -2.36. The number of hydrogen-bond acceptors (Lipinski definition) is 3. The van der Waals surface area contributed by atoms with Gasteiger partial charge < -0.3 is 14.9 Å². The number of rotatable bonds is 3. The molecule has 0 aromatic heterocycles. The van der Waals surface area contributed by atoms with Crippen LogP contribution >= 0.6 is 0 Å². The molecule has 1 rings (SSSR count). The van der Waals surface area contributed by atoms with Crippen molar-refractivity contribution in [2.45, 2.75) is 19.4 Å². The molecule has 1 aromatic carbocycles. The summed E-state index contributed by atoms with van der Waals surface area (Å²) in [6.07, 6.45) is -7.01. The molecule has 2 N–H and O–H groups in total. The second-order valence-electron chi connectivity index (χ2n) is 3.28. The topological polar surface area (TPSA) is 66.8 Å². The molecular weight excluding hydrogens is 241 g/mol. The van der Waals surface area contributed by atoms with Crippen LogP contribution in [0.5, 0.6) is 5.75 Å². The molecule has 0 saturated heterocycles. The first kappa shape index (κ1) is 13.3. The van der Waals surface area contributed by atoms with E-state index >= 15 is 0 Å². The Labute approximate surface area is 94.3 Å². The molecule has 0 saturated carbocycles. The average molecular weight is 250 g/mol. The minimum Gasteiger partial charge on any atom is -0.479 e. The second-order valence-corrected chi connectivity index (χ2v) is 3.28. The van der Waals surface area contributed by atoms with Crippen molar-refractivity contribution in [3.05, 3.63) is 29.3 Å². The molecule has 7 heteroatoms. The van der Waals surface area contributed by atoms with Gasteiger partial charge in [0.15, 0.2) is 6.10 Å². The second kappa shape index (κ2) is 4.62. The first-order valence-corrected chi connectivity index (χ1v) is 4.48. The van der Waals surface area contributed by atoms with E-state index in [-0.39, 0.29) is 5.56 Å². The average Bonchev–Trinajstić information content (AvgIpc) is 2.14. The Kier molecular flexibility index (Phi) is 3.62. The number of carboxylic acids is 1. The molecule has 1 aromatic rings. The third kappa shape index (κ3) is 3.35. The van der Waals surface area contributed by atoms with Crippen LogP contribution in [0.2, 0.25) is 0 Å². The van der Waals surface area contributed by atoms with Crippen LogP contribution in [0.15, 0.2) is 18.2 Å². The van der Waals surface area contributed by atoms with Crippen molar-refractivity contribution < 1.29 is 32.9 Å². The maximum atomic E-state index is 12.1. The number of alkyl halides is 3. The highest BCUT2D eigenvalue weighted by atomic mass is 19.4. The van der Waals surface area contributed by atoms with E-state index in [1.807, 2.05) is 0 Å². The van der Waals surface area contributed by atoms with Gasteiger partial charge in [0.25, 0.3) is 0 Å². The minimum absolute atomic E-state index is 0.196. The number of aliphatic hydroxyl groups excluding tert-OH is 1. The lowest BCUT2D eigenvalue weighted by Gasteiger charge is -2.16. The fourth-order valence-corrected chi connectivity index (χ4v) is 1.34. The molecule has 0 amide bonds. The number of carbonyl (C=O) groups is 1. The van der Waals surface area contributed by atoms with E-state index in [0.29, 0.717) is 0 Å². The van der Waals surface area contributed by atoms with Gasteiger partial charge in [-0.15, -0.1) is 13.2 Å². The summed E-state index contributed by atoms with van der Waals surface area (Å²) in [7, 11) is 0. The zero-order valence-electron chi connectivity index (χ0n) is 8.65. The van der Waals surface area contributed by atoms with Gasteiger partial charge in [-0.05, 0) is 18.6 Å². The zero-order valence-corrected chi connectivity index (χ0v) is 8.65. The Hall–Kier alpha value is -1.76. The number of hydrogen-bond donors (Lipinski definition) is 2. The number of ether oxygens (including phenoxy) is 1. The van der Waals surface area contributed by atoms with Crippen LogP contribution in [-0.4, -0.2) is 22.5 Å². The molecule has 0 spiro atoms. The number of carboxylic acid groups (broad SMARTS) is 1. The highest BCUT2D eigenvalue weighted by Crippen LogP contribution is 2.32. The molecule has 17 heavy (non-hydrogen) atoms. The van der Waals surface area contributed by atoms with Crippen molar-refractivity contribution in [3.8, 4) is 5.75 Å². The van der Waals surface area contributed by atoms with Crippen molar-refractivity contribution in [3.63, 3.8) is 0 Å². The summed E-state index contributed by atoms with van der Waals surface area (Å²) in [4.78, 5) is 10.6. The third-order valence-corrected chi connectivity index (χ3v) is 2.02. The molecular formula is C10H9F3O4. The smallest absolute Gasteiger partial charge is 0.479 e. The zero-order chi connectivity index (χ0) is 13.2. The van der Waals surface area contributed by atoms with E-state index in [4.69, 9.17) is 5.11 Å². The fraction of sp³-hybridized carbons (Fsp3) is 0.300. The van der Waals surface area contributed by atoms with Crippen LogP contribution < -0.4 is 4.74 Å². The first-order valence-electron chi connectivity index (χ1n) is 4.48. The highest BCUT2D eigenvalue weighted by Gasteiger charge is 2.34. The molecule has 0 bridgehead atoms. The Morgan fingerprint density at radius 2 is 2.00 bits per heavy atom. The monoisotopic (exact) mass is 250 g/mol. The molecule has 0 radical (unpaired) electrons. The van der Waals surface area contributed by atoms with E-state index in [1.54, 1.807) is 0 Å². The van der Waals surface area contributed by atoms with Crippen molar-refractivity contribution >= 4 is 5.97 Å². The molecule has 0 heterocycles. The molecule has 4 nitrogen and oxygen atoms in total. The Balaban J connectivity index is 3.22. The van der Waals surface area contributed by atoms with Gasteiger partial charge in [-0.2, -0.15) is 0 Å². The van der Waals surface area contributed by atoms with E-state index < -0.39 is 29.7 Å². The predicted octanol–water partition coefficient (Wildman–Crippen LogP) is 2.01. The van der Waals surface area contributed by atoms with Gasteiger partial charge in [0, 0.05) is 5.56 Å². The molecule has 0 fully saturated rings. The van der Waals surface area contributed by atoms with Gasteiger partial charge in [-0.3, -0.25) is 0 Å². The van der Waals surface area contributed by atoms with Crippen LogP contribution in [0.1, 0.15) is 17.2 Å². The summed E-state index contributed by atoms with van der Waals surface area (Å²) in [5.41, 5.74) is -0.209. The number of halogens is 3. The lowest BCUT2D eigenvalue weighted by atomic mass is 10.0. The van der Waals surface area contributed by atoms with Crippen LogP contribution in [0.3, 0.4) is 0 Å². The Morgan fingerprint density at radius 3 is 2.47 bits per heavy atom. The number of aliphatic carboxylic acids is 1. The molecule has 1 unspecified atom stereocenters. The number of benzene rings is 1. The summed E-state index contributed by atoms with van der Waals surface area (Å²) in [6, 6.07) is 3.60.